The van der Waals surface area contributed by atoms with Crippen molar-refractivity contribution in [1.29, 1.82) is 0 Å². The first-order chi connectivity index (χ1) is 10.6. The number of hydrogen-bond donors (Lipinski definition) is 2. The zero-order valence-electron chi connectivity index (χ0n) is 11.6. The van der Waals surface area contributed by atoms with Gasteiger partial charge in [0.2, 0.25) is 17.6 Å². The fourth-order valence-corrected chi connectivity index (χ4v) is 2.90. The van der Waals surface area contributed by atoms with Gasteiger partial charge >= 0.3 is 0 Å². The van der Waals surface area contributed by atoms with Crippen LogP contribution >= 0.6 is 23.2 Å². The lowest BCUT2D eigenvalue weighted by Gasteiger charge is -2.08. The van der Waals surface area contributed by atoms with E-state index in [0.717, 1.165) is 19.4 Å². The maximum Gasteiger partial charge on any atom is 0.246 e. The fourth-order valence-electron chi connectivity index (χ4n) is 2.33. The molecule has 1 aromatic carbocycles. The van der Waals surface area contributed by atoms with Gasteiger partial charge in [-0.05, 0) is 31.5 Å². The third-order valence-corrected chi connectivity index (χ3v) is 4.08. The molecule has 0 bridgehead atoms. The molecule has 1 aliphatic heterocycles. The molecule has 1 aromatic heterocycles. The number of nitrogens with one attached hydrogen (secondary N) is 2. The average Bonchev–Trinajstić information content (AvgIpc) is 3.16. The van der Waals surface area contributed by atoms with E-state index in [2.05, 4.69) is 20.8 Å². The number of carbonyl (C=O) groups excluding carboxylic acids is 1. The zero-order valence-corrected chi connectivity index (χ0v) is 13.1. The minimum atomic E-state index is -0.139. The molecule has 1 atom stereocenters. The summed E-state index contributed by atoms with van der Waals surface area (Å²) in [6, 6.07) is 5.00. The number of halogens is 2. The van der Waals surface area contributed by atoms with E-state index in [-0.39, 0.29) is 18.5 Å². The highest BCUT2D eigenvalue weighted by Gasteiger charge is 2.22. The molecule has 0 radical (unpaired) electrons. The summed E-state index contributed by atoms with van der Waals surface area (Å²) in [7, 11) is 0. The van der Waals surface area contributed by atoms with E-state index in [1.807, 2.05) is 0 Å². The second-order valence-electron chi connectivity index (χ2n) is 4.98. The van der Waals surface area contributed by atoms with E-state index in [1.165, 1.54) is 0 Å². The van der Waals surface area contributed by atoms with Crippen molar-refractivity contribution >= 4 is 29.1 Å². The van der Waals surface area contributed by atoms with E-state index in [9.17, 15) is 4.79 Å². The molecule has 2 aromatic rings. The SMILES string of the molecule is O=C(NCc1nc(-c2c(Cl)cccc2Cl)no1)C1CCCN1. The summed E-state index contributed by atoms with van der Waals surface area (Å²) in [6.45, 7) is 1.04. The molecule has 1 amide bonds. The number of benzene rings is 1. The monoisotopic (exact) mass is 340 g/mol. The highest BCUT2D eigenvalue weighted by molar-refractivity contribution is 6.38. The number of amides is 1. The summed E-state index contributed by atoms with van der Waals surface area (Å²) < 4.78 is 5.13. The van der Waals surface area contributed by atoms with Crippen molar-refractivity contribution in [3.8, 4) is 11.4 Å². The molecule has 0 saturated carbocycles. The van der Waals surface area contributed by atoms with Crippen LogP contribution in [0.1, 0.15) is 18.7 Å². The molecular weight excluding hydrogens is 327 g/mol. The number of aromatic nitrogens is 2. The van der Waals surface area contributed by atoms with Gasteiger partial charge in [0.15, 0.2) is 0 Å². The fraction of sp³-hybridized carbons (Fsp3) is 0.357. The van der Waals surface area contributed by atoms with Crippen molar-refractivity contribution in [3.63, 3.8) is 0 Å². The highest BCUT2D eigenvalue weighted by atomic mass is 35.5. The predicted molar refractivity (Wildman–Crippen MR) is 82.6 cm³/mol. The first kappa shape index (κ1) is 15.3. The van der Waals surface area contributed by atoms with Gasteiger partial charge in [-0.15, -0.1) is 0 Å². The summed E-state index contributed by atoms with van der Waals surface area (Å²) >= 11 is 12.2. The third kappa shape index (κ3) is 3.24. The molecule has 1 fully saturated rings. The standard InChI is InChI=1S/C14H14Cl2N4O2/c15-8-3-1-4-9(16)12(8)13-19-11(22-20-13)7-18-14(21)10-5-2-6-17-10/h1,3-4,10,17H,2,5-7H2,(H,18,21). The van der Waals surface area contributed by atoms with E-state index in [4.69, 9.17) is 27.7 Å². The minimum Gasteiger partial charge on any atom is -0.346 e. The first-order valence-corrected chi connectivity index (χ1v) is 7.69. The quantitative estimate of drug-likeness (QED) is 0.893. The molecule has 1 unspecified atom stereocenters. The second-order valence-corrected chi connectivity index (χ2v) is 5.79. The van der Waals surface area contributed by atoms with Gasteiger partial charge in [0.1, 0.15) is 0 Å². The Bertz CT molecular complexity index is 663. The topological polar surface area (TPSA) is 80.1 Å². The zero-order chi connectivity index (χ0) is 15.5. The molecule has 2 heterocycles. The molecule has 0 aliphatic carbocycles. The molecule has 22 heavy (non-hydrogen) atoms. The van der Waals surface area contributed by atoms with Crippen LogP contribution in [-0.2, 0) is 11.3 Å². The van der Waals surface area contributed by atoms with Crippen LogP contribution in [0.4, 0.5) is 0 Å². The average molecular weight is 341 g/mol. The molecule has 1 aliphatic rings. The van der Waals surface area contributed by atoms with Crippen LogP contribution in [-0.4, -0.2) is 28.6 Å². The highest BCUT2D eigenvalue weighted by Crippen LogP contribution is 2.32. The Labute approximate surface area is 137 Å². The van der Waals surface area contributed by atoms with Crippen molar-refractivity contribution in [2.45, 2.75) is 25.4 Å². The number of rotatable bonds is 4. The Balaban J connectivity index is 1.67. The third-order valence-electron chi connectivity index (χ3n) is 3.45. The number of nitrogens with zero attached hydrogens (tertiary/aromatic N) is 2. The van der Waals surface area contributed by atoms with Gasteiger partial charge in [0.05, 0.1) is 28.2 Å². The van der Waals surface area contributed by atoms with Crippen molar-refractivity contribution in [1.82, 2.24) is 20.8 Å². The van der Waals surface area contributed by atoms with Crippen molar-refractivity contribution in [2.75, 3.05) is 6.54 Å². The maximum absolute atomic E-state index is 11.9. The number of carbonyl (C=O) groups is 1. The lowest BCUT2D eigenvalue weighted by Crippen LogP contribution is -2.40. The summed E-state index contributed by atoms with van der Waals surface area (Å²) in [6.07, 6.45) is 1.85. The van der Waals surface area contributed by atoms with Gasteiger partial charge in [-0.3, -0.25) is 4.79 Å². The van der Waals surface area contributed by atoms with Crippen LogP contribution in [0.3, 0.4) is 0 Å². The van der Waals surface area contributed by atoms with Gasteiger partial charge in [-0.25, -0.2) is 0 Å². The summed E-state index contributed by atoms with van der Waals surface area (Å²) in [5.74, 6) is 0.546. The molecule has 1 saturated heterocycles. The largest absolute Gasteiger partial charge is 0.346 e. The molecule has 6 nitrogen and oxygen atoms in total. The van der Waals surface area contributed by atoms with Crippen LogP contribution in [0.2, 0.25) is 10.0 Å². The molecule has 2 N–H and O–H groups in total. The molecule has 0 spiro atoms. The number of hydrogen-bond acceptors (Lipinski definition) is 5. The maximum atomic E-state index is 11.9. The Morgan fingerprint density at radius 1 is 1.41 bits per heavy atom. The smallest absolute Gasteiger partial charge is 0.246 e. The Hall–Kier alpha value is -1.63. The summed E-state index contributed by atoms with van der Waals surface area (Å²) in [5, 5.41) is 10.6. The van der Waals surface area contributed by atoms with Gasteiger partial charge in [0, 0.05) is 0 Å². The lowest BCUT2D eigenvalue weighted by molar-refractivity contribution is -0.123. The molecule has 8 heteroatoms. The van der Waals surface area contributed by atoms with Gasteiger partial charge < -0.3 is 15.2 Å². The van der Waals surface area contributed by atoms with Crippen LogP contribution in [0, 0.1) is 0 Å². The van der Waals surface area contributed by atoms with E-state index < -0.39 is 0 Å². The van der Waals surface area contributed by atoms with E-state index >= 15 is 0 Å². The van der Waals surface area contributed by atoms with Crippen LogP contribution < -0.4 is 10.6 Å². The summed E-state index contributed by atoms with van der Waals surface area (Å²) in [5.41, 5.74) is 0.518. The molecule has 116 valence electrons. The predicted octanol–water partition coefficient (Wildman–Crippen LogP) is 2.41. The molecule has 3 rings (SSSR count). The summed E-state index contributed by atoms with van der Waals surface area (Å²) in [4.78, 5) is 16.1. The van der Waals surface area contributed by atoms with Crippen LogP contribution in [0.15, 0.2) is 22.7 Å². The van der Waals surface area contributed by atoms with Crippen LogP contribution in [0.25, 0.3) is 11.4 Å². The van der Waals surface area contributed by atoms with Crippen molar-refractivity contribution < 1.29 is 9.32 Å². The Kier molecular flexibility index (Phi) is 4.61. The van der Waals surface area contributed by atoms with E-state index in [1.54, 1.807) is 18.2 Å². The van der Waals surface area contributed by atoms with Crippen molar-refractivity contribution in [2.24, 2.45) is 0 Å². The Morgan fingerprint density at radius 2 is 2.18 bits per heavy atom. The van der Waals surface area contributed by atoms with Crippen molar-refractivity contribution in [3.05, 3.63) is 34.1 Å². The first-order valence-electron chi connectivity index (χ1n) is 6.93. The normalized spacial score (nSPS) is 17.6. The van der Waals surface area contributed by atoms with Gasteiger partial charge in [-0.2, -0.15) is 4.98 Å². The molecular formula is C14H14Cl2N4O2. The second kappa shape index (κ2) is 6.64. The van der Waals surface area contributed by atoms with Gasteiger partial charge in [0.25, 0.3) is 0 Å². The van der Waals surface area contributed by atoms with Gasteiger partial charge in [-0.1, -0.05) is 34.4 Å². The Morgan fingerprint density at radius 3 is 2.86 bits per heavy atom. The van der Waals surface area contributed by atoms with E-state index in [0.29, 0.717) is 27.3 Å². The van der Waals surface area contributed by atoms with Crippen LogP contribution in [0.5, 0.6) is 0 Å². The lowest BCUT2D eigenvalue weighted by atomic mass is 10.2. The minimum absolute atomic E-state index is 0.0620.